The molecule has 1 N–H and O–H groups in total. The minimum Gasteiger partial charge on any atom is -0.481 e. The summed E-state index contributed by atoms with van der Waals surface area (Å²) in [5.41, 5.74) is 1.32. The molecule has 0 saturated heterocycles. The molecule has 1 aromatic rings. The molecule has 0 amide bonds. The minimum absolute atomic E-state index is 0.120. The van der Waals surface area contributed by atoms with Crippen molar-refractivity contribution in [3.63, 3.8) is 0 Å². The third-order valence-electron chi connectivity index (χ3n) is 4.21. The van der Waals surface area contributed by atoms with E-state index in [0.717, 1.165) is 32.1 Å². The highest BCUT2D eigenvalue weighted by atomic mass is 16.4. The fourth-order valence-electron chi connectivity index (χ4n) is 3.14. The molecule has 1 saturated carbocycles. The molecule has 0 spiro atoms. The molecule has 0 heterocycles. The number of hydrogen-bond acceptors (Lipinski definition) is 1. The fraction of sp³-hybridized carbons (Fsp3) is 0.562. The van der Waals surface area contributed by atoms with E-state index in [9.17, 15) is 9.90 Å². The van der Waals surface area contributed by atoms with Gasteiger partial charge >= 0.3 is 5.97 Å². The van der Waals surface area contributed by atoms with Crippen molar-refractivity contribution in [2.45, 2.75) is 39.0 Å². The summed E-state index contributed by atoms with van der Waals surface area (Å²) < 4.78 is 0. The minimum atomic E-state index is -0.597. The molecule has 98 valence electrons. The van der Waals surface area contributed by atoms with Crippen LogP contribution in [0.1, 0.15) is 38.2 Å². The lowest BCUT2D eigenvalue weighted by molar-refractivity contribution is -0.145. The summed E-state index contributed by atoms with van der Waals surface area (Å²) in [4.78, 5) is 11.3. The lowest BCUT2D eigenvalue weighted by atomic mass is 9.72. The molecule has 3 atom stereocenters. The number of aryl methyl sites for hydroxylation is 1. The standard InChI is InChI=1S/C16H22O2/c1-12-7-10-15(16(17)18)14(11-12)9-8-13-5-3-2-4-6-13/h2-6,12,14-15H,7-11H2,1H3,(H,17,18). The second-order valence-corrected chi connectivity index (χ2v) is 5.65. The van der Waals surface area contributed by atoms with Gasteiger partial charge < -0.3 is 5.11 Å². The molecule has 0 bridgehead atoms. The Morgan fingerprint density at radius 1 is 1.28 bits per heavy atom. The predicted octanol–water partition coefficient (Wildman–Crippen LogP) is 3.76. The van der Waals surface area contributed by atoms with Crippen LogP contribution in [-0.4, -0.2) is 11.1 Å². The maximum Gasteiger partial charge on any atom is 0.306 e. The van der Waals surface area contributed by atoms with Crippen molar-refractivity contribution < 1.29 is 9.90 Å². The molecule has 2 rings (SSSR count). The predicted molar refractivity (Wildman–Crippen MR) is 72.4 cm³/mol. The Bertz CT molecular complexity index is 385. The Morgan fingerprint density at radius 3 is 2.67 bits per heavy atom. The van der Waals surface area contributed by atoms with Crippen LogP contribution in [0.3, 0.4) is 0 Å². The number of carboxylic acids is 1. The maximum absolute atomic E-state index is 11.3. The van der Waals surface area contributed by atoms with Gasteiger partial charge in [0.15, 0.2) is 0 Å². The number of carboxylic acid groups (broad SMARTS) is 1. The summed E-state index contributed by atoms with van der Waals surface area (Å²) in [6, 6.07) is 10.4. The normalized spacial score (nSPS) is 27.9. The molecule has 1 aliphatic rings. The molecule has 0 aliphatic heterocycles. The van der Waals surface area contributed by atoms with Gasteiger partial charge in [0.1, 0.15) is 0 Å². The number of carbonyl (C=O) groups is 1. The lowest BCUT2D eigenvalue weighted by Crippen LogP contribution is -2.30. The van der Waals surface area contributed by atoms with E-state index in [0.29, 0.717) is 11.8 Å². The van der Waals surface area contributed by atoms with E-state index in [4.69, 9.17) is 0 Å². The number of hydrogen-bond donors (Lipinski definition) is 1. The molecule has 3 unspecified atom stereocenters. The van der Waals surface area contributed by atoms with Gasteiger partial charge in [0.2, 0.25) is 0 Å². The first-order chi connectivity index (χ1) is 8.66. The SMILES string of the molecule is CC1CCC(C(=O)O)C(CCc2ccccc2)C1. The highest BCUT2D eigenvalue weighted by Crippen LogP contribution is 2.36. The summed E-state index contributed by atoms with van der Waals surface area (Å²) >= 11 is 0. The van der Waals surface area contributed by atoms with Gasteiger partial charge in [-0.05, 0) is 49.5 Å². The van der Waals surface area contributed by atoms with Gasteiger partial charge in [-0.25, -0.2) is 0 Å². The van der Waals surface area contributed by atoms with Crippen molar-refractivity contribution in [3.8, 4) is 0 Å². The molecular formula is C16H22O2. The van der Waals surface area contributed by atoms with Crippen molar-refractivity contribution >= 4 is 5.97 Å². The van der Waals surface area contributed by atoms with Gasteiger partial charge in [-0.1, -0.05) is 37.3 Å². The molecule has 2 nitrogen and oxygen atoms in total. The van der Waals surface area contributed by atoms with E-state index in [1.165, 1.54) is 5.56 Å². The van der Waals surface area contributed by atoms with Gasteiger partial charge in [0.05, 0.1) is 5.92 Å². The summed E-state index contributed by atoms with van der Waals surface area (Å²) in [6.07, 6.45) is 5.01. The molecule has 1 fully saturated rings. The average Bonchev–Trinajstić information content (AvgIpc) is 2.37. The molecular weight excluding hydrogens is 224 g/mol. The van der Waals surface area contributed by atoms with E-state index in [1.54, 1.807) is 0 Å². The summed E-state index contributed by atoms with van der Waals surface area (Å²) in [6.45, 7) is 2.24. The van der Waals surface area contributed by atoms with Crippen LogP contribution in [-0.2, 0) is 11.2 Å². The Balaban J connectivity index is 1.94. The number of rotatable bonds is 4. The van der Waals surface area contributed by atoms with Crippen LogP contribution in [0.2, 0.25) is 0 Å². The van der Waals surface area contributed by atoms with Crippen molar-refractivity contribution in [1.82, 2.24) is 0 Å². The summed E-state index contributed by atoms with van der Waals surface area (Å²) in [5.74, 6) is 0.317. The Morgan fingerprint density at radius 2 is 2.00 bits per heavy atom. The van der Waals surface area contributed by atoms with Crippen LogP contribution in [0.5, 0.6) is 0 Å². The average molecular weight is 246 g/mol. The van der Waals surface area contributed by atoms with Crippen LogP contribution in [0.15, 0.2) is 30.3 Å². The molecule has 18 heavy (non-hydrogen) atoms. The fourth-order valence-corrected chi connectivity index (χ4v) is 3.14. The highest BCUT2D eigenvalue weighted by molar-refractivity contribution is 5.70. The summed E-state index contributed by atoms with van der Waals surface area (Å²) in [5, 5.41) is 9.29. The van der Waals surface area contributed by atoms with E-state index in [-0.39, 0.29) is 5.92 Å². The smallest absolute Gasteiger partial charge is 0.306 e. The summed E-state index contributed by atoms with van der Waals surface area (Å²) in [7, 11) is 0. The largest absolute Gasteiger partial charge is 0.481 e. The van der Waals surface area contributed by atoms with Crippen LogP contribution < -0.4 is 0 Å². The first-order valence-corrected chi connectivity index (χ1v) is 6.93. The number of aliphatic carboxylic acids is 1. The van der Waals surface area contributed by atoms with Gasteiger partial charge in [-0.2, -0.15) is 0 Å². The van der Waals surface area contributed by atoms with Crippen LogP contribution in [0, 0.1) is 17.8 Å². The zero-order valence-electron chi connectivity index (χ0n) is 11.0. The van der Waals surface area contributed by atoms with E-state index in [1.807, 2.05) is 18.2 Å². The second-order valence-electron chi connectivity index (χ2n) is 5.65. The first kappa shape index (κ1) is 13.1. The van der Waals surface area contributed by atoms with E-state index < -0.39 is 5.97 Å². The molecule has 1 aromatic carbocycles. The Hall–Kier alpha value is -1.31. The van der Waals surface area contributed by atoms with Gasteiger partial charge in [-0.15, -0.1) is 0 Å². The van der Waals surface area contributed by atoms with E-state index in [2.05, 4.69) is 19.1 Å². The van der Waals surface area contributed by atoms with Crippen molar-refractivity contribution in [3.05, 3.63) is 35.9 Å². The van der Waals surface area contributed by atoms with Crippen LogP contribution >= 0.6 is 0 Å². The third kappa shape index (κ3) is 3.34. The lowest BCUT2D eigenvalue weighted by Gasteiger charge is -2.32. The molecule has 2 heteroatoms. The van der Waals surface area contributed by atoms with Crippen molar-refractivity contribution in [2.75, 3.05) is 0 Å². The maximum atomic E-state index is 11.3. The van der Waals surface area contributed by atoms with Crippen LogP contribution in [0.25, 0.3) is 0 Å². The monoisotopic (exact) mass is 246 g/mol. The third-order valence-corrected chi connectivity index (χ3v) is 4.21. The molecule has 0 aromatic heterocycles. The van der Waals surface area contributed by atoms with Crippen molar-refractivity contribution in [2.24, 2.45) is 17.8 Å². The zero-order chi connectivity index (χ0) is 13.0. The second kappa shape index (κ2) is 6.03. The Kier molecular flexibility index (Phi) is 4.40. The first-order valence-electron chi connectivity index (χ1n) is 6.93. The highest BCUT2D eigenvalue weighted by Gasteiger charge is 2.32. The van der Waals surface area contributed by atoms with Gasteiger partial charge in [0, 0.05) is 0 Å². The zero-order valence-corrected chi connectivity index (χ0v) is 11.0. The molecule has 0 radical (unpaired) electrons. The van der Waals surface area contributed by atoms with Crippen LogP contribution in [0.4, 0.5) is 0 Å². The topological polar surface area (TPSA) is 37.3 Å². The number of benzene rings is 1. The molecule has 1 aliphatic carbocycles. The van der Waals surface area contributed by atoms with Gasteiger partial charge in [-0.3, -0.25) is 4.79 Å². The quantitative estimate of drug-likeness (QED) is 0.878. The van der Waals surface area contributed by atoms with E-state index >= 15 is 0 Å². The van der Waals surface area contributed by atoms with Gasteiger partial charge in [0.25, 0.3) is 0 Å². The van der Waals surface area contributed by atoms with Crippen molar-refractivity contribution in [1.29, 1.82) is 0 Å². The Labute approximate surface area is 109 Å².